The summed E-state index contributed by atoms with van der Waals surface area (Å²) in [6.07, 6.45) is 2.51. The number of hydrogen-bond acceptors (Lipinski definition) is 7. The maximum Gasteiger partial charge on any atom is 0.387 e. The number of ether oxygens (including phenoxy) is 2. The number of H-pyrrole nitrogens is 1. The molecule has 1 aromatic carbocycles. The van der Waals surface area contributed by atoms with Crippen LogP contribution in [0.5, 0.6) is 11.6 Å². The maximum atomic E-state index is 13.4. The Morgan fingerprint density at radius 1 is 1.14 bits per heavy atom. The Kier molecular flexibility index (Phi) is 7.25. The number of benzene rings is 1. The Labute approximate surface area is 209 Å². The molecular weight excluding hydrogens is 513 g/mol. The van der Waals surface area contributed by atoms with E-state index in [1.807, 2.05) is 0 Å². The number of pyridine rings is 2. The number of aromatic amines is 1. The topological polar surface area (TPSA) is 116 Å². The number of sulfone groups is 1. The molecule has 37 heavy (non-hydrogen) atoms. The molecule has 0 fully saturated rings. The Morgan fingerprint density at radius 3 is 2.46 bits per heavy atom. The first-order chi connectivity index (χ1) is 17.5. The highest BCUT2D eigenvalue weighted by atomic mass is 32.2. The Morgan fingerprint density at radius 2 is 1.84 bits per heavy atom. The van der Waals surface area contributed by atoms with Gasteiger partial charge in [0.05, 0.1) is 29.6 Å². The standard InChI is InChI=1S/C24H23F3N4O5S/c1-4-35-22-19(36-23(26)27)10-9-17(29-22)18(12-37(3,33)34)31-21-20(30-24(31)32)13(2)16(11-28-21)14-5-7-15(25)8-6-14/h5-11,18,23H,4,12H2,1-3H3,(H,30,32). The van der Waals surface area contributed by atoms with Gasteiger partial charge in [-0.1, -0.05) is 12.1 Å². The molecule has 1 atom stereocenters. The molecule has 0 aliphatic heterocycles. The van der Waals surface area contributed by atoms with E-state index >= 15 is 0 Å². The maximum absolute atomic E-state index is 13.4. The molecule has 9 nitrogen and oxygen atoms in total. The third kappa shape index (κ3) is 5.61. The van der Waals surface area contributed by atoms with E-state index in [-0.39, 0.29) is 29.6 Å². The molecule has 196 valence electrons. The van der Waals surface area contributed by atoms with Crippen molar-refractivity contribution in [3.05, 3.63) is 70.2 Å². The fourth-order valence-electron chi connectivity index (χ4n) is 4.03. The third-order valence-corrected chi connectivity index (χ3v) is 6.53. The lowest BCUT2D eigenvalue weighted by Crippen LogP contribution is -2.29. The van der Waals surface area contributed by atoms with E-state index in [0.717, 1.165) is 10.8 Å². The molecule has 0 amide bonds. The Balaban J connectivity index is 1.89. The molecule has 0 aliphatic rings. The van der Waals surface area contributed by atoms with Crippen LogP contribution in [0, 0.1) is 12.7 Å². The summed E-state index contributed by atoms with van der Waals surface area (Å²) in [6.45, 7) is 0.310. The van der Waals surface area contributed by atoms with Gasteiger partial charge in [-0.2, -0.15) is 8.78 Å². The number of nitrogens with zero attached hydrogens (tertiary/aromatic N) is 3. The van der Waals surface area contributed by atoms with Crippen molar-refractivity contribution in [1.29, 1.82) is 0 Å². The number of fused-ring (bicyclic) bond motifs is 1. The van der Waals surface area contributed by atoms with Gasteiger partial charge in [-0.05, 0) is 49.2 Å². The fourth-order valence-corrected chi connectivity index (χ4v) is 4.92. The van der Waals surface area contributed by atoms with Gasteiger partial charge < -0.3 is 14.5 Å². The average Bonchev–Trinajstić information content (AvgIpc) is 3.15. The predicted octanol–water partition coefficient (Wildman–Crippen LogP) is 3.87. The largest absolute Gasteiger partial charge is 0.475 e. The van der Waals surface area contributed by atoms with E-state index in [1.165, 1.54) is 30.5 Å². The minimum absolute atomic E-state index is 0.0700. The van der Waals surface area contributed by atoms with Crippen molar-refractivity contribution in [2.24, 2.45) is 0 Å². The van der Waals surface area contributed by atoms with Crippen LogP contribution in [0.1, 0.15) is 24.2 Å². The number of imidazole rings is 1. The van der Waals surface area contributed by atoms with E-state index < -0.39 is 39.8 Å². The van der Waals surface area contributed by atoms with Crippen LogP contribution in [0.25, 0.3) is 22.3 Å². The van der Waals surface area contributed by atoms with Crippen molar-refractivity contribution < 1.29 is 31.1 Å². The number of halogens is 3. The van der Waals surface area contributed by atoms with Crippen LogP contribution in [-0.4, -0.2) is 53.2 Å². The van der Waals surface area contributed by atoms with Crippen LogP contribution in [0.4, 0.5) is 13.2 Å². The molecule has 1 N–H and O–H groups in total. The van der Waals surface area contributed by atoms with Crippen LogP contribution in [0.2, 0.25) is 0 Å². The number of rotatable bonds is 9. The highest BCUT2D eigenvalue weighted by molar-refractivity contribution is 7.90. The van der Waals surface area contributed by atoms with Crippen LogP contribution < -0.4 is 15.2 Å². The van der Waals surface area contributed by atoms with Crippen molar-refractivity contribution in [1.82, 2.24) is 19.5 Å². The number of hydrogen-bond donors (Lipinski definition) is 1. The molecule has 0 spiro atoms. The molecule has 4 rings (SSSR count). The smallest absolute Gasteiger partial charge is 0.387 e. The normalized spacial score (nSPS) is 12.7. The number of nitrogens with one attached hydrogen (secondary N) is 1. The first-order valence-electron chi connectivity index (χ1n) is 11.1. The molecule has 13 heteroatoms. The number of alkyl halides is 2. The minimum atomic E-state index is -3.67. The summed E-state index contributed by atoms with van der Waals surface area (Å²) in [5.74, 6) is -1.53. The monoisotopic (exact) mass is 536 g/mol. The second-order valence-electron chi connectivity index (χ2n) is 8.26. The molecule has 0 radical (unpaired) electrons. The van der Waals surface area contributed by atoms with E-state index in [4.69, 9.17) is 4.74 Å². The van der Waals surface area contributed by atoms with E-state index in [9.17, 15) is 26.4 Å². The molecule has 0 aliphatic carbocycles. The quantitative estimate of drug-likeness (QED) is 0.345. The van der Waals surface area contributed by atoms with Gasteiger partial charge in [-0.15, -0.1) is 0 Å². The highest BCUT2D eigenvalue weighted by Crippen LogP contribution is 2.32. The molecule has 0 saturated carbocycles. The molecule has 4 aromatic rings. The van der Waals surface area contributed by atoms with Crippen LogP contribution in [0.15, 0.2) is 47.4 Å². The molecule has 1 unspecified atom stereocenters. The first kappa shape index (κ1) is 26.2. The van der Waals surface area contributed by atoms with Crippen molar-refractivity contribution in [3.8, 4) is 22.8 Å². The lowest BCUT2D eigenvalue weighted by Gasteiger charge is -2.19. The highest BCUT2D eigenvalue weighted by Gasteiger charge is 2.28. The zero-order valence-corrected chi connectivity index (χ0v) is 20.9. The van der Waals surface area contributed by atoms with E-state index in [0.29, 0.717) is 22.2 Å². The molecule has 3 heterocycles. The van der Waals surface area contributed by atoms with Gasteiger partial charge in [0.2, 0.25) is 0 Å². The fraction of sp³-hybridized carbons (Fsp3) is 0.292. The molecular formula is C24H23F3N4O5S. The summed E-state index contributed by atoms with van der Waals surface area (Å²) in [4.78, 5) is 24.5. The van der Waals surface area contributed by atoms with Gasteiger partial charge in [0, 0.05) is 18.0 Å². The SMILES string of the molecule is CCOc1nc(C(CS(C)(=O)=O)n2c(=O)[nH]c3c(C)c(-c4ccc(F)cc4)cnc32)ccc1OC(F)F. The third-order valence-electron chi connectivity index (χ3n) is 5.61. The van der Waals surface area contributed by atoms with Gasteiger partial charge in [0.25, 0.3) is 5.88 Å². The van der Waals surface area contributed by atoms with E-state index in [2.05, 4.69) is 19.7 Å². The van der Waals surface area contributed by atoms with Crippen LogP contribution >= 0.6 is 0 Å². The van der Waals surface area contributed by atoms with Gasteiger partial charge in [-0.3, -0.25) is 4.57 Å². The zero-order valence-electron chi connectivity index (χ0n) is 20.0. The second kappa shape index (κ2) is 10.2. The number of aryl methyl sites for hydroxylation is 1. The molecule has 0 saturated heterocycles. The summed E-state index contributed by atoms with van der Waals surface area (Å²) < 4.78 is 74.7. The minimum Gasteiger partial charge on any atom is -0.475 e. The van der Waals surface area contributed by atoms with Gasteiger partial charge in [0.1, 0.15) is 15.7 Å². The van der Waals surface area contributed by atoms with Crippen molar-refractivity contribution >= 4 is 21.0 Å². The van der Waals surface area contributed by atoms with Gasteiger partial charge in [-0.25, -0.2) is 27.6 Å². The second-order valence-corrected chi connectivity index (χ2v) is 10.4. The zero-order chi connectivity index (χ0) is 26.9. The summed E-state index contributed by atoms with van der Waals surface area (Å²) in [5, 5.41) is 0. The molecule has 0 bridgehead atoms. The van der Waals surface area contributed by atoms with Crippen LogP contribution in [0.3, 0.4) is 0 Å². The lowest BCUT2D eigenvalue weighted by molar-refractivity contribution is -0.0518. The number of aromatic nitrogens is 4. The summed E-state index contributed by atoms with van der Waals surface area (Å²) >= 11 is 0. The van der Waals surface area contributed by atoms with E-state index in [1.54, 1.807) is 26.0 Å². The predicted molar refractivity (Wildman–Crippen MR) is 130 cm³/mol. The van der Waals surface area contributed by atoms with Crippen molar-refractivity contribution in [3.63, 3.8) is 0 Å². The van der Waals surface area contributed by atoms with Crippen LogP contribution in [-0.2, 0) is 9.84 Å². The lowest BCUT2D eigenvalue weighted by atomic mass is 10.0. The Hall–Kier alpha value is -3.87. The average molecular weight is 537 g/mol. The molecule has 3 aromatic heterocycles. The Bertz CT molecular complexity index is 1600. The van der Waals surface area contributed by atoms with Gasteiger partial charge >= 0.3 is 12.3 Å². The van der Waals surface area contributed by atoms with Gasteiger partial charge in [0.15, 0.2) is 11.4 Å². The summed E-state index contributed by atoms with van der Waals surface area (Å²) in [7, 11) is -3.67. The first-order valence-corrected chi connectivity index (χ1v) is 13.2. The van der Waals surface area contributed by atoms with Crippen molar-refractivity contribution in [2.45, 2.75) is 26.5 Å². The summed E-state index contributed by atoms with van der Waals surface area (Å²) in [5.41, 5.74) is 1.89. The summed E-state index contributed by atoms with van der Waals surface area (Å²) in [6, 6.07) is 7.07. The van der Waals surface area contributed by atoms with Crippen molar-refractivity contribution in [2.75, 3.05) is 18.6 Å².